The molecular weight excluding hydrogens is 314 g/mol. The zero-order valence-electron chi connectivity index (χ0n) is 14.5. The van der Waals surface area contributed by atoms with Gasteiger partial charge >= 0.3 is 0 Å². The van der Waals surface area contributed by atoms with E-state index in [1.807, 2.05) is 19.1 Å². The molecule has 25 heavy (non-hydrogen) atoms. The van der Waals surface area contributed by atoms with E-state index in [1.54, 1.807) is 16.8 Å². The predicted octanol–water partition coefficient (Wildman–Crippen LogP) is 2.89. The predicted molar refractivity (Wildman–Crippen MR) is 96.4 cm³/mol. The molecule has 0 aliphatic carbocycles. The fourth-order valence-electron chi connectivity index (χ4n) is 3.10. The number of nitrogens with zero attached hydrogens (tertiary/aromatic N) is 4. The molecule has 0 fully saturated rings. The lowest BCUT2D eigenvalue weighted by atomic mass is 10.2. The maximum absolute atomic E-state index is 12.9. The Hall–Kier alpha value is -2.94. The second kappa shape index (κ2) is 6.89. The van der Waals surface area contributed by atoms with Crippen molar-refractivity contribution in [2.75, 3.05) is 0 Å². The molecular formula is C19H21N5O. The van der Waals surface area contributed by atoms with E-state index in [2.05, 4.69) is 11.9 Å². The Labute approximate surface area is 145 Å². The van der Waals surface area contributed by atoms with Gasteiger partial charge in [-0.25, -0.2) is 4.98 Å². The van der Waals surface area contributed by atoms with Crippen molar-refractivity contribution in [3.8, 4) is 6.07 Å². The monoisotopic (exact) mass is 335 g/mol. The Morgan fingerprint density at radius 2 is 2.08 bits per heavy atom. The number of rotatable bonds is 5. The van der Waals surface area contributed by atoms with Crippen molar-refractivity contribution in [2.24, 2.45) is 0 Å². The standard InChI is InChI=1S/C19H21N5O/c1-3-4-5-6-9-23-16(21)14(12-20)11-15-18(23)22-17-13(2)8-7-10-24(17)19(15)25/h7-8,10-11,21H,3-6,9H2,1-2H3. The van der Waals surface area contributed by atoms with Gasteiger partial charge in [-0.1, -0.05) is 32.3 Å². The number of aryl methyl sites for hydroxylation is 2. The zero-order valence-corrected chi connectivity index (χ0v) is 14.5. The van der Waals surface area contributed by atoms with Gasteiger partial charge in [-0.2, -0.15) is 5.26 Å². The molecule has 0 unspecified atom stereocenters. The SMILES string of the molecule is CCCCCCn1c(=N)c(C#N)cc2c(=O)n3cccc(C)c3nc21. The molecule has 0 spiro atoms. The lowest BCUT2D eigenvalue weighted by Gasteiger charge is -2.13. The largest absolute Gasteiger partial charge is 0.310 e. The van der Waals surface area contributed by atoms with Gasteiger partial charge in [-0.05, 0) is 31.0 Å². The molecule has 0 aliphatic heterocycles. The smallest absolute Gasteiger partial charge is 0.267 e. The van der Waals surface area contributed by atoms with E-state index in [9.17, 15) is 10.1 Å². The van der Waals surface area contributed by atoms with Gasteiger partial charge in [0.1, 0.15) is 22.9 Å². The van der Waals surface area contributed by atoms with Crippen molar-refractivity contribution in [3.63, 3.8) is 0 Å². The molecule has 0 atom stereocenters. The third-order valence-corrected chi connectivity index (χ3v) is 4.49. The highest BCUT2D eigenvalue weighted by Gasteiger charge is 2.13. The van der Waals surface area contributed by atoms with Gasteiger partial charge in [0.05, 0.1) is 10.9 Å². The highest BCUT2D eigenvalue weighted by molar-refractivity contribution is 5.78. The Bertz CT molecular complexity index is 1100. The van der Waals surface area contributed by atoms with Crippen molar-refractivity contribution in [1.82, 2.24) is 14.0 Å². The first-order valence-electron chi connectivity index (χ1n) is 8.58. The summed E-state index contributed by atoms with van der Waals surface area (Å²) in [6.45, 7) is 4.63. The van der Waals surface area contributed by atoms with Crippen molar-refractivity contribution in [1.29, 1.82) is 10.7 Å². The van der Waals surface area contributed by atoms with Gasteiger partial charge < -0.3 is 4.57 Å². The zero-order chi connectivity index (χ0) is 18.0. The van der Waals surface area contributed by atoms with Crippen molar-refractivity contribution in [2.45, 2.75) is 46.1 Å². The first-order chi connectivity index (χ1) is 12.1. The van der Waals surface area contributed by atoms with Crippen LogP contribution in [0.4, 0.5) is 0 Å². The molecule has 0 saturated heterocycles. The van der Waals surface area contributed by atoms with Crippen molar-refractivity contribution < 1.29 is 0 Å². The maximum atomic E-state index is 12.9. The normalized spacial score (nSPS) is 11.1. The molecule has 0 saturated carbocycles. The summed E-state index contributed by atoms with van der Waals surface area (Å²) in [5.74, 6) is 0. The van der Waals surface area contributed by atoms with Crippen LogP contribution >= 0.6 is 0 Å². The molecule has 3 heterocycles. The number of nitrogens with one attached hydrogen (secondary N) is 1. The van der Waals surface area contributed by atoms with Crippen molar-refractivity contribution in [3.05, 3.63) is 51.4 Å². The molecule has 1 N–H and O–H groups in total. The highest BCUT2D eigenvalue weighted by Crippen LogP contribution is 2.13. The average molecular weight is 335 g/mol. The molecule has 0 amide bonds. The number of pyridine rings is 2. The Kier molecular flexibility index (Phi) is 4.66. The van der Waals surface area contributed by atoms with Crippen LogP contribution in [-0.4, -0.2) is 14.0 Å². The van der Waals surface area contributed by atoms with Crippen LogP contribution in [-0.2, 0) is 6.54 Å². The first kappa shape index (κ1) is 16.9. The minimum atomic E-state index is -0.206. The number of aromatic nitrogens is 3. The van der Waals surface area contributed by atoms with Crippen LogP contribution in [0, 0.1) is 23.7 Å². The molecule has 0 radical (unpaired) electrons. The van der Waals surface area contributed by atoms with E-state index < -0.39 is 0 Å². The summed E-state index contributed by atoms with van der Waals surface area (Å²) in [5.41, 5.74) is 2.09. The van der Waals surface area contributed by atoms with Crippen LogP contribution in [0.3, 0.4) is 0 Å². The van der Waals surface area contributed by atoms with E-state index in [4.69, 9.17) is 5.41 Å². The quantitative estimate of drug-likeness (QED) is 0.574. The maximum Gasteiger partial charge on any atom is 0.267 e. The van der Waals surface area contributed by atoms with Gasteiger partial charge in [0.2, 0.25) is 0 Å². The molecule has 6 nitrogen and oxygen atoms in total. The highest BCUT2D eigenvalue weighted by atomic mass is 16.1. The molecule has 6 heteroatoms. The number of unbranched alkanes of at least 4 members (excludes halogenated alkanes) is 3. The average Bonchev–Trinajstić information content (AvgIpc) is 2.61. The number of hydrogen-bond donors (Lipinski definition) is 1. The second-order valence-corrected chi connectivity index (χ2v) is 6.27. The van der Waals surface area contributed by atoms with Gasteiger partial charge in [0, 0.05) is 12.7 Å². The second-order valence-electron chi connectivity index (χ2n) is 6.27. The van der Waals surface area contributed by atoms with Crippen LogP contribution in [0.5, 0.6) is 0 Å². The van der Waals surface area contributed by atoms with Crippen molar-refractivity contribution >= 4 is 16.7 Å². The lowest BCUT2D eigenvalue weighted by Crippen LogP contribution is -2.27. The Morgan fingerprint density at radius 1 is 1.28 bits per heavy atom. The Morgan fingerprint density at radius 3 is 2.80 bits per heavy atom. The fraction of sp³-hybridized carbons (Fsp3) is 0.368. The van der Waals surface area contributed by atoms with Gasteiger partial charge in [-0.15, -0.1) is 0 Å². The number of hydrogen-bond acceptors (Lipinski definition) is 4. The van der Waals surface area contributed by atoms with E-state index in [0.717, 1.165) is 31.2 Å². The molecule has 3 aromatic heterocycles. The number of fused-ring (bicyclic) bond motifs is 2. The summed E-state index contributed by atoms with van der Waals surface area (Å²) in [5, 5.41) is 18.1. The molecule has 3 aromatic rings. The van der Waals surface area contributed by atoms with Crippen LogP contribution in [0.2, 0.25) is 0 Å². The summed E-state index contributed by atoms with van der Waals surface area (Å²) < 4.78 is 3.21. The third kappa shape index (κ3) is 2.93. The molecule has 0 aromatic carbocycles. The van der Waals surface area contributed by atoms with E-state index in [-0.39, 0.29) is 16.6 Å². The summed E-state index contributed by atoms with van der Waals surface area (Å²) >= 11 is 0. The van der Waals surface area contributed by atoms with Gasteiger partial charge in [0.25, 0.3) is 5.56 Å². The number of nitriles is 1. The van der Waals surface area contributed by atoms with E-state index >= 15 is 0 Å². The van der Waals surface area contributed by atoms with Crippen LogP contribution < -0.4 is 11.0 Å². The summed E-state index contributed by atoms with van der Waals surface area (Å²) in [6, 6.07) is 7.24. The summed E-state index contributed by atoms with van der Waals surface area (Å²) in [7, 11) is 0. The van der Waals surface area contributed by atoms with E-state index in [0.29, 0.717) is 23.2 Å². The Balaban J connectivity index is 2.32. The lowest BCUT2D eigenvalue weighted by molar-refractivity contribution is 0.572. The van der Waals surface area contributed by atoms with Crippen LogP contribution in [0.1, 0.15) is 43.7 Å². The van der Waals surface area contributed by atoms with Crippen LogP contribution in [0.25, 0.3) is 16.7 Å². The van der Waals surface area contributed by atoms with Gasteiger partial charge in [0.15, 0.2) is 0 Å². The summed E-state index contributed by atoms with van der Waals surface area (Å²) in [4.78, 5) is 17.6. The minimum absolute atomic E-state index is 0.122. The molecule has 128 valence electrons. The summed E-state index contributed by atoms with van der Waals surface area (Å²) in [6.07, 6.45) is 5.88. The molecule has 0 aliphatic rings. The minimum Gasteiger partial charge on any atom is -0.310 e. The van der Waals surface area contributed by atoms with Crippen LogP contribution in [0.15, 0.2) is 29.2 Å². The first-order valence-corrected chi connectivity index (χ1v) is 8.58. The molecule has 0 bridgehead atoms. The van der Waals surface area contributed by atoms with E-state index in [1.165, 1.54) is 10.5 Å². The topological polar surface area (TPSA) is 86.9 Å². The molecule has 3 rings (SSSR count). The fourth-order valence-corrected chi connectivity index (χ4v) is 3.10. The third-order valence-electron chi connectivity index (χ3n) is 4.49. The van der Waals surface area contributed by atoms with Gasteiger partial charge in [-0.3, -0.25) is 14.6 Å².